The van der Waals surface area contributed by atoms with Crippen molar-refractivity contribution < 1.29 is 14.4 Å². The summed E-state index contributed by atoms with van der Waals surface area (Å²) in [6.07, 6.45) is 0.692. The van der Waals surface area contributed by atoms with Gasteiger partial charge in [-0.25, -0.2) is 9.80 Å². The fraction of sp³-hybridized carbons (Fsp3) is 0.308. The summed E-state index contributed by atoms with van der Waals surface area (Å²) >= 11 is 0. The first-order valence-corrected chi connectivity index (χ1v) is 6.11. The molecule has 6 nitrogen and oxygen atoms in total. The molecule has 1 aliphatic heterocycles. The lowest BCUT2D eigenvalue weighted by molar-refractivity contribution is -0.125. The first kappa shape index (κ1) is 13.1. The van der Waals surface area contributed by atoms with Crippen molar-refractivity contribution in [1.82, 2.24) is 15.3 Å². The summed E-state index contributed by atoms with van der Waals surface area (Å²) in [6, 6.07) is 8.06. The molecule has 1 saturated heterocycles. The average molecular weight is 261 g/mol. The topological polar surface area (TPSA) is 69.7 Å². The van der Waals surface area contributed by atoms with Crippen LogP contribution in [0.1, 0.15) is 23.7 Å². The number of benzene rings is 1. The van der Waals surface area contributed by atoms with Crippen molar-refractivity contribution in [3.8, 4) is 0 Å². The third kappa shape index (κ3) is 2.73. The Bertz CT molecular complexity index is 501. The summed E-state index contributed by atoms with van der Waals surface area (Å²) in [5, 5.41) is 1.05. The number of carbonyl (C=O) groups is 3. The molecule has 1 aromatic carbocycles. The lowest BCUT2D eigenvalue weighted by Gasteiger charge is -2.17. The molecule has 1 fully saturated rings. The summed E-state index contributed by atoms with van der Waals surface area (Å²) in [4.78, 5) is 36.5. The van der Waals surface area contributed by atoms with E-state index in [0.717, 1.165) is 9.91 Å². The number of nitrogens with zero attached hydrogens (tertiary/aromatic N) is 2. The first-order chi connectivity index (χ1) is 9.13. The zero-order valence-electron chi connectivity index (χ0n) is 10.6. The van der Waals surface area contributed by atoms with Gasteiger partial charge in [0.05, 0.1) is 0 Å². The predicted molar refractivity (Wildman–Crippen MR) is 68.0 cm³/mol. The van der Waals surface area contributed by atoms with E-state index in [4.69, 9.17) is 0 Å². The van der Waals surface area contributed by atoms with Crippen LogP contribution in [0.25, 0.3) is 0 Å². The Morgan fingerprint density at radius 1 is 1.26 bits per heavy atom. The minimum absolute atomic E-state index is 0.114. The standard InChI is InChI=1S/C13H15N3O3/c1-2-8-15-11(17)9-16(13(15)19)14-12(18)10-6-4-3-5-7-10/h3-7H,2,8-9H2,1H3,(H,14,18). The Kier molecular flexibility index (Phi) is 3.79. The molecule has 0 aliphatic carbocycles. The van der Waals surface area contributed by atoms with Gasteiger partial charge in [0.2, 0.25) is 0 Å². The molecule has 0 unspecified atom stereocenters. The van der Waals surface area contributed by atoms with Gasteiger partial charge in [-0.05, 0) is 18.6 Å². The smallest absolute Gasteiger partial charge is 0.272 e. The molecule has 0 saturated carbocycles. The molecule has 6 heteroatoms. The number of urea groups is 1. The number of imide groups is 1. The van der Waals surface area contributed by atoms with Crippen molar-refractivity contribution in [2.75, 3.05) is 13.1 Å². The molecule has 0 spiro atoms. The number of rotatable bonds is 4. The van der Waals surface area contributed by atoms with Crippen molar-refractivity contribution >= 4 is 17.8 Å². The van der Waals surface area contributed by atoms with Crippen molar-refractivity contribution in [1.29, 1.82) is 0 Å². The molecule has 1 aromatic rings. The Labute approximate surface area is 111 Å². The molecule has 100 valence electrons. The number of carbonyl (C=O) groups excluding carboxylic acids is 3. The van der Waals surface area contributed by atoms with Gasteiger partial charge >= 0.3 is 6.03 Å². The Morgan fingerprint density at radius 2 is 1.95 bits per heavy atom. The van der Waals surface area contributed by atoms with E-state index in [-0.39, 0.29) is 12.5 Å². The number of hydrazine groups is 1. The van der Waals surface area contributed by atoms with Gasteiger partial charge in [0.15, 0.2) is 0 Å². The van der Waals surface area contributed by atoms with Crippen LogP contribution in [-0.2, 0) is 4.79 Å². The third-order valence-electron chi connectivity index (χ3n) is 2.78. The molecule has 1 N–H and O–H groups in total. The predicted octanol–water partition coefficient (Wildman–Crippen LogP) is 1.01. The first-order valence-electron chi connectivity index (χ1n) is 6.11. The van der Waals surface area contributed by atoms with Gasteiger partial charge in [-0.1, -0.05) is 25.1 Å². The van der Waals surface area contributed by atoms with Crippen LogP contribution in [0, 0.1) is 0 Å². The molecule has 0 atom stereocenters. The van der Waals surface area contributed by atoms with Crippen LogP contribution in [0.2, 0.25) is 0 Å². The number of hydrogen-bond donors (Lipinski definition) is 1. The molecule has 0 radical (unpaired) electrons. The van der Waals surface area contributed by atoms with E-state index < -0.39 is 11.9 Å². The van der Waals surface area contributed by atoms with Crippen LogP contribution in [0.15, 0.2) is 30.3 Å². The highest BCUT2D eigenvalue weighted by Gasteiger charge is 2.36. The van der Waals surface area contributed by atoms with Crippen LogP contribution in [-0.4, -0.2) is 40.8 Å². The van der Waals surface area contributed by atoms with E-state index in [0.29, 0.717) is 18.5 Å². The monoisotopic (exact) mass is 261 g/mol. The summed E-state index contributed by atoms with van der Waals surface area (Å²) < 4.78 is 0. The quantitative estimate of drug-likeness (QED) is 0.822. The second-order valence-electron chi connectivity index (χ2n) is 4.22. The third-order valence-corrected chi connectivity index (χ3v) is 2.78. The Balaban J connectivity index is 2.03. The SMILES string of the molecule is CCCN1C(=O)CN(NC(=O)c2ccccc2)C1=O. The molecule has 4 amide bonds. The Hall–Kier alpha value is -2.37. The van der Waals surface area contributed by atoms with Crippen molar-refractivity contribution in [3.05, 3.63) is 35.9 Å². The minimum Gasteiger partial charge on any atom is -0.272 e. The maximum Gasteiger partial charge on any atom is 0.345 e. The molecular weight excluding hydrogens is 246 g/mol. The van der Waals surface area contributed by atoms with Crippen molar-refractivity contribution in [2.24, 2.45) is 0 Å². The van der Waals surface area contributed by atoms with Crippen LogP contribution in [0.3, 0.4) is 0 Å². The Morgan fingerprint density at radius 3 is 2.58 bits per heavy atom. The summed E-state index contributed by atoms with van der Waals surface area (Å²) in [5.41, 5.74) is 2.89. The van der Waals surface area contributed by atoms with E-state index in [1.165, 1.54) is 0 Å². The van der Waals surface area contributed by atoms with Gasteiger partial charge in [0.1, 0.15) is 6.54 Å². The van der Waals surface area contributed by atoms with Crippen molar-refractivity contribution in [3.63, 3.8) is 0 Å². The highest BCUT2D eigenvalue weighted by Crippen LogP contribution is 2.09. The average Bonchev–Trinajstić information content (AvgIpc) is 2.68. The lowest BCUT2D eigenvalue weighted by Crippen LogP contribution is -2.45. The van der Waals surface area contributed by atoms with E-state index in [1.54, 1.807) is 30.3 Å². The number of nitrogens with one attached hydrogen (secondary N) is 1. The van der Waals surface area contributed by atoms with Gasteiger partial charge in [-0.2, -0.15) is 0 Å². The molecule has 1 aliphatic rings. The van der Waals surface area contributed by atoms with E-state index in [9.17, 15) is 14.4 Å². The van der Waals surface area contributed by atoms with Gasteiger partial charge in [0.25, 0.3) is 11.8 Å². The largest absolute Gasteiger partial charge is 0.345 e. The van der Waals surface area contributed by atoms with Gasteiger partial charge in [-0.3, -0.25) is 19.9 Å². The van der Waals surface area contributed by atoms with Crippen LogP contribution in [0.5, 0.6) is 0 Å². The summed E-state index contributed by atoms with van der Waals surface area (Å²) in [6.45, 7) is 2.14. The second kappa shape index (κ2) is 5.51. The molecule has 0 bridgehead atoms. The highest BCUT2D eigenvalue weighted by molar-refractivity contribution is 6.04. The van der Waals surface area contributed by atoms with Gasteiger partial charge in [0, 0.05) is 12.1 Å². The molecule has 1 heterocycles. The fourth-order valence-corrected chi connectivity index (χ4v) is 1.85. The highest BCUT2D eigenvalue weighted by atomic mass is 16.2. The van der Waals surface area contributed by atoms with Crippen LogP contribution < -0.4 is 5.43 Å². The molecule has 2 rings (SSSR count). The fourth-order valence-electron chi connectivity index (χ4n) is 1.85. The van der Waals surface area contributed by atoms with E-state index in [1.807, 2.05) is 6.92 Å². The zero-order valence-corrected chi connectivity index (χ0v) is 10.6. The van der Waals surface area contributed by atoms with E-state index >= 15 is 0 Å². The van der Waals surface area contributed by atoms with Crippen LogP contribution in [0.4, 0.5) is 4.79 Å². The van der Waals surface area contributed by atoms with E-state index in [2.05, 4.69) is 5.43 Å². The maximum absolute atomic E-state index is 11.9. The molecular formula is C13H15N3O3. The van der Waals surface area contributed by atoms with Gasteiger partial charge in [-0.15, -0.1) is 0 Å². The number of amides is 4. The van der Waals surface area contributed by atoms with Gasteiger partial charge < -0.3 is 0 Å². The van der Waals surface area contributed by atoms with Crippen molar-refractivity contribution in [2.45, 2.75) is 13.3 Å². The van der Waals surface area contributed by atoms with Crippen LogP contribution >= 0.6 is 0 Å². The molecule has 19 heavy (non-hydrogen) atoms. The number of hydrogen-bond acceptors (Lipinski definition) is 3. The minimum atomic E-state index is -0.476. The zero-order chi connectivity index (χ0) is 13.8. The lowest BCUT2D eigenvalue weighted by atomic mass is 10.2. The maximum atomic E-state index is 11.9. The second-order valence-corrected chi connectivity index (χ2v) is 4.22. The summed E-state index contributed by atoms with van der Waals surface area (Å²) in [5.74, 6) is -0.694. The normalized spacial score (nSPS) is 15.0. The molecule has 0 aromatic heterocycles. The summed E-state index contributed by atoms with van der Waals surface area (Å²) in [7, 11) is 0.